The van der Waals surface area contributed by atoms with Crippen LogP contribution < -0.4 is 14.8 Å². The number of nitrogens with one attached hydrogen (secondary N) is 1. The Labute approximate surface area is 168 Å². The SMILES string of the molecule is Cc1cc(NC(=O)C=O)c(OCCCCOCC(=O)O)cc1Oc1ccccc1. The Bertz CT molecular complexity index is 836. The molecule has 0 aliphatic carbocycles. The monoisotopic (exact) mass is 401 g/mol. The predicted molar refractivity (Wildman–Crippen MR) is 106 cm³/mol. The van der Waals surface area contributed by atoms with E-state index in [0.717, 1.165) is 5.56 Å². The molecule has 8 nitrogen and oxygen atoms in total. The highest BCUT2D eigenvalue weighted by Gasteiger charge is 2.13. The van der Waals surface area contributed by atoms with Crippen molar-refractivity contribution < 1.29 is 33.7 Å². The molecule has 1 amide bonds. The number of ether oxygens (including phenoxy) is 3. The van der Waals surface area contributed by atoms with Gasteiger partial charge in [-0.3, -0.25) is 9.59 Å². The Morgan fingerprint density at radius 2 is 1.79 bits per heavy atom. The van der Waals surface area contributed by atoms with Crippen molar-refractivity contribution in [3.05, 3.63) is 48.0 Å². The van der Waals surface area contributed by atoms with Gasteiger partial charge in [0.05, 0.1) is 12.3 Å². The number of carboxylic acid groups (broad SMARTS) is 1. The second-order valence-corrected chi connectivity index (χ2v) is 6.14. The third-order valence-corrected chi connectivity index (χ3v) is 3.78. The Morgan fingerprint density at radius 1 is 1.07 bits per heavy atom. The standard InChI is InChI=1S/C21H23NO7/c1-15-11-17(22-20(24)13-23)19(28-10-6-5-9-27-14-21(25)26)12-18(15)29-16-7-3-2-4-8-16/h2-4,7-8,11-13H,5-6,9-10,14H2,1H3,(H,22,24)(H,25,26). The number of aryl methyl sites for hydroxylation is 1. The Balaban J connectivity index is 2.05. The van der Waals surface area contributed by atoms with E-state index in [0.29, 0.717) is 49.0 Å². The van der Waals surface area contributed by atoms with Crippen LogP contribution in [0.15, 0.2) is 42.5 Å². The minimum absolute atomic E-state index is 0.188. The molecule has 2 aromatic carbocycles. The lowest BCUT2D eigenvalue weighted by atomic mass is 10.1. The first-order valence-electron chi connectivity index (χ1n) is 9.05. The predicted octanol–water partition coefficient (Wildman–Crippen LogP) is 3.18. The highest BCUT2D eigenvalue weighted by molar-refractivity contribution is 6.29. The number of hydrogen-bond acceptors (Lipinski definition) is 6. The van der Waals surface area contributed by atoms with Crippen molar-refractivity contribution in [2.75, 3.05) is 25.1 Å². The summed E-state index contributed by atoms with van der Waals surface area (Å²) in [5, 5.41) is 11.0. The number of hydrogen-bond donors (Lipinski definition) is 2. The molecule has 0 radical (unpaired) electrons. The highest BCUT2D eigenvalue weighted by Crippen LogP contribution is 2.35. The summed E-state index contributed by atoms with van der Waals surface area (Å²) in [6, 6.07) is 12.6. The summed E-state index contributed by atoms with van der Waals surface area (Å²) in [5.74, 6) is -0.222. The maximum Gasteiger partial charge on any atom is 0.329 e. The number of rotatable bonds is 12. The largest absolute Gasteiger partial charge is 0.491 e. The molecule has 0 bridgehead atoms. The number of carbonyl (C=O) groups is 3. The number of aliphatic carboxylic acids is 1. The molecule has 0 unspecified atom stereocenters. The number of anilines is 1. The van der Waals surface area contributed by atoms with Gasteiger partial charge in [0.25, 0.3) is 5.91 Å². The zero-order chi connectivity index (χ0) is 21.1. The van der Waals surface area contributed by atoms with Gasteiger partial charge in [0.2, 0.25) is 6.29 Å². The van der Waals surface area contributed by atoms with Crippen molar-refractivity contribution in [2.45, 2.75) is 19.8 Å². The highest BCUT2D eigenvalue weighted by atomic mass is 16.5. The van der Waals surface area contributed by atoms with Crippen LogP contribution in [-0.4, -0.2) is 43.1 Å². The lowest BCUT2D eigenvalue weighted by Crippen LogP contribution is -2.14. The van der Waals surface area contributed by atoms with Crippen molar-refractivity contribution in [3.63, 3.8) is 0 Å². The Morgan fingerprint density at radius 3 is 2.48 bits per heavy atom. The normalized spacial score (nSPS) is 10.2. The Kier molecular flexibility index (Phi) is 8.65. The van der Waals surface area contributed by atoms with Crippen LogP contribution in [-0.2, 0) is 19.1 Å². The van der Waals surface area contributed by atoms with Gasteiger partial charge in [0.15, 0.2) is 0 Å². The van der Waals surface area contributed by atoms with Crippen LogP contribution in [0.1, 0.15) is 18.4 Å². The molecule has 2 rings (SSSR count). The summed E-state index contributed by atoms with van der Waals surface area (Å²) >= 11 is 0. The van der Waals surface area contributed by atoms with E-state index in [1.54, 1.807) is 12.1 Å². The third-order valence-electron chi connectivity index (χ3n) is 3.78. The van der Waals surface area contributed by atoms with Gasteiger partial charge in [-0.2, -0.15) is 0 Å². The topological polar surface area (TPSA) is 111 Å². The zero-order valence-electron chi connectivity index (χ0n) is 16.1. The van der Waals surface area contributed by atoms with Crippen molar-refractivity contribution in [1.29, 1.82) is 0 Å². The fourth-order valence-electron chi connectivity index (χ4n) is 2.42. The molecular formula is C21H23NO7. The number of carbonyl (C=O) groups excluding carboxylic acids is 2. The van der Waals surface area contributed by atoms with E-state index in [1.807, 2.05) is 37.3 Å². The molecule has 8 heteroatoms. The van der Waals surface area contributed by atoms with E-state index in [4.69, 9.17) is 19.3 Å². The van der Waals surface area contributed by atoms with Crippen LogP contribution in [0.4, 0.5) is 5.69 Å². The lowest BCUT2D eigenvalue weighted by Gasteiger charge is -2.16. The van der Waals surface area contributed by atoms with Gasteiger partial charge in [-0.05, 0) is 43.5 Å². The number of aldehydes is 1. The number of para-hydroxylation sites is 1. The van der Waals surface area contributed by atoms with Gasteiger partial charge in [-0.25, -0.2) is 4.79 Å². The molecule has 0 heterocycles. The molecule has 2 N–H and O–H groups in total. The molecule has 0 spiro atoms. The first kappa shape index (κ1) is 21.9. The van der Waals surface area contributed by atoms with Gasteiger partial charge in [0, 0.05) is 12.7 Å². The average Bonchev–Trinajstić information content (AvgIpc) is 2.70. The van der Waals surface area contributed by atoms with Crippen molar-refractivity contribution in [3.8, 4) is 17.2 Å². The van der Waals surface area contributed by atoms with E-state index in [9.17, 15) is 14.4 Å². The maximum atomic E-state index is 11.5. The van der Waals surface area contributed by atoms with Crippen molar-refractivity contribution >= 4 is 23.9 Å². The first-order chi connectivity index (χ1) is 14.0. The van der Waals surface area contributed by atoms with Crippen LogP contribution in [0.3, 0.4) is 0 Å². The molecule has 0 fully saturated rings. The smallest absolute Gasteiger partial charge is 0.329 e. The van der Waals surface area contributed by atoms with Gasteiger partial charge in [0.1, 0.15) is 23.9 Å². The van der Waals surface area contributed by atoms with E-state index in [2.05, 4.69) is 5.32 Å². The molecule has 0 saturated heterocycles. The van der Waals surface area contributed by atoms with Crippen LogP contribution in [0.5, 0.6) is 17.2 Å². The van der Waals surface area contributed by atoms with Crippen LogP contribution in [0, 0.1) is 6.92 Å². The molecule has 0 atom stereocenters. The third kappa shape index (κ3) is 7.63. The molecule has 0 aromatic heterocycles. The summed E-state index contributed by atoms with van der Waals surface area (Å²) in [5.41, 5.74) is 1.12. The van der Waals surface area contributed by atoms with Crippen molar-refractivity contribution in [1.82, 2.24) is 0 Å². The zero-order valence-corrected chi connectivity index (χ0v) is 16.1. The molecule has 154 valence electrons. The molecule has 2 aromatic rings. The van der Waals surface area contributed by atoms with Crippen LogP contribution >= 0.6 is 0 Å². The summed E-state index contributed by atoms with van der Waals surface area (Å²) < 4.78 is 16.6. The molecular weight excluding hydrogens is 378 g/mol. The van der Waals surface area contributed by atoms with E-state index in [-0.39, 0.29) is 12.9 Å². The number of carboxylic acids is 1. The fourth-order valence-corrected chi connectivity index (χ4v) is 2.42. The summed E-state index contributed by atoms with van der Waals surface area (Å²) in [4.78, 5) is 32.6. The van der Waals surface area contributed by atoms with Gasteiger partial charge >= 0.3 is 5.97 Å². The minimum Gasteiger partial charge on any atom is -0.491 e. The number of amides is 1. The Hall–Kier alpha value is -3.39. The summed E-state index contributed by atoms with van der Waals surface area (Å²) in [7, 11) is 0. The summed E-state index contributed by atoms with van der Waals surface area (Å²) in [6.07, 6.45) is 1.42. The molecule has 0 aliphatic heterocycles. The minimum atomic E-state index is -1.01. The quantitative estimate of drug-likeness (QED) is 0.319. The molecule has 29 heavy (non-hydrogen) atoms. The number of benzene rings is 2. The molecule has 0 aliphatic rings. The number of unbranched alkanes of at least 4 members (excludes halogenated alkanes) is 1. The second-order valence-electron chi connectivity index (χ2n) is 6.14. The van der Waals surface area contributed by atoms with Gasteiger partial charge in [-0.1, -0.05) is 18.2 Å². The maximum absolute atomic E-state index is 11.5. The van der Waals surface area contributed by atoms with Gasteiger partial charge < -0.3 is 24.6 Å². The van der Waals surface area contributed by atoms with E-state index < -0.39 is 11.9 Å². The van der Waals surface area contributed by atoms with Crippen LogP contribution in [0.2, 0.25) is 0 Å². The average molecular weight is 401 g/mol. The summed E-state index contributed by atoms with van der Waals surface area (Å²) in [6.45, 7) is 2.11. The van der Waals surface area contributed by atoms with Crippen molar-refractivity contribution in [2.24, 2.45) is 0 Å². The molecule has 0 saturated carbocycles. The first-order valence-corrected chi connectivity index (χ1v) is 9.05. The fraction of sp³-hybridized carbons (Fsp3) is 0.286. The lowest BCUT2D eigenvalue weighted by molar-refractivity contribution is -0.142. The van der Waals surface area contributed by atoms with E-state index in [1.165, 1.54) is 0 Å². The second kappa shape index (κ2) is 11.5. The van der Waals surface area contributed by atoms with Crippen LogP contribution in [0.25, 0.3) is 0 Å². The van der Waals surface area contributed by atoms with E-state index >= 15 is 0 Å². The van der Waals surface area contributed by atoms with Gasteiger partial charge in [-0.15, -0.1) is 0 Å².